The smallest absolute Gasteiger partial charge is 0.261 e. The van der Waals surface area contributed by atoms with E-state index in [9.17, 15) is 9.59 Å². The normalized spacial score (nSPS) is 17.0. The molecule has 1 aliphatic heterocycles. The first kappa shape index (κ1) is 16.1. The molecule has 25 heavy (non-hydrogen) atoms. The molecule has 1 saturated carbocycles. The summed E-state index contributed by atoms with van der Waals surface area (Å²) in [5, 5.41) is 3.75. The molecule has 6 heteroatoms. The topological polar surface area (TPSA) is 62.3 Å². The summed E-state index contributed by atoms with van der Waals surface area (Å²) < 4.78 is 0. The van der Waals surface area contributed by atoms with E-state index in [1.54, 1.807) is 23.2 Å². The second kappa shape index (κ2) is 6.88. The molecule has 0 atom stereocenters. The van der Waals surface area contributed by atoms with Gasteiger partial charge in [-0.05, 0) is 37.1 Å². The molecule has 1 N–H and O–H groups in total. The summed E-state index contributed by atoms with van der Waals surface area (Å²) >= 11 is 1.47. The van der Waals surface area contributed by atoms with Gasteiger partial charge in [0.05, 0.1) is 11.3 Å². The number of carbonyl (C=O) groups excluding carboxylic acids is 2. The number of pyridine rings is 1. The lowest BCUT2D eigenvalue weighted by atomic mass is 10.2. The fourth-order valence-electron chi connectivity index (χ4n) is 3.40. The van der Waals surface area contributed by atoms with Gasteiger partial charge < -0.3 is 5.32 Å². The van der Waals surface area contributed by atoms with Crippen LogP contribution in [-0.4, -0.2) is 29.4 Å². The van der Waals surface area contributed by atoms with Crippen molar-refractivity contribution in [1.29, 1.82) is 0 Å². The second-order valence-corrected chi connectivity index (χ2v) is 7.40. The lowest BCUT2D eigenvalue weighted by molar-refractivity contribution is -0.120. The van der Waals surface area contributed by atoms with Crippen molar-refractivity contribution in [1.82, 2.24) is 10.3 Å². The first-order valence-electron chi connectivity index (χ1n) is 8.55. The molecular weight excluding hydrogens is 334 g/mol. The number of para-hydroxylation sites is 1. The van der Waals surface area contributed by atoms with Crippen LogP contribution in [0.15, 0.2) is 52.5 Å². The van der Waals surface area contributed by atoms with E-state index in [0.717, 1.165) is 36.3 Å². The lowest BCUT2D eigenvalue weighted by Gasteiger charge is -2.23. The first-order chi connectivity index (χ1) is 12.2. The van der Waals surface area contributed by atoms with Gasteiger partial charge in [-0.15, -0.1) is 0 Å². The minimum Gasteiger partial charge on any atom is -0.352 e. The number of hydrogen-bond donors (Lipinski definition) is 1. The van der Waals surface area contributed by atoms with E-state index in [-0.39, 0.29) is 24.4 Å². The van der Waals surface area contributed by atoms with Gasteiger partial charge in [-0.3, -0.25) is 14.5 Å². The zero-order valence-electron chi connectivity index (χ0n) is 13.8. The molecule has 2 heterocycles. The Morgan fingerprint density at radius 3 is 2.84 bits per heavy atom. The monoisotopic (exact) mass is 353 g/mol. The average Bonchev–Trinajstić information content (AvgIpc) is 3.09. The van der Waals surface area contributed by atoms with Crippen molar-refractivity contribution in [3.8, 4) is 0 Å². The summed E-state index contributed by atoms with van der Waals surface area (Å²) in [7, 11) is 0. The minimum atomic E-state index is -0.179. The molecule has 0 bridgehead atoms. The van der Waals surface area contributed by atoms with E-state index >= 15 is 0 Å². The summed E-state index contributed by atoms with van der Waals surface area (Å²) in [6.07, 6.45) is 6.06. The van der Waals surface area contributed by atoms with Crippen LogP contribution < -0.4 is 10.2 Å². The van der Waals surface area contributed by atoms with Crippen molar-refractivity contribution >= 4 is 29.3 Å². The third kappa shape index (κ3) is 3.26. The summed E-state index contributed by atoms with van der Waals surface area (Å²) in [6, 6.07) is 11.4. The number of rotatable bonds is 3. The van der Waals surface area contributed by atoms with Crippen LogP contribution in [0.2, 0.25) is 0 Å². The van der Waals surface area contributed by atoms with Crippen molar-refractivity contribution in [3.05, 3.63) is 48.2 Å². The zero-order chi connectivity index (χ0) is 17.2. The lowest BCUT2D eigenvalue weighted by Crippen LogP contribution is -2.43. The Balaban J connectivity index is 1.65. The number of nitrogens with zero attached hydrogens (tertiary/aromatic N) is 2. The van der Waals surface area contributed by atoms with Crippen molar-refractivity contribution in [2.75, 3.05) is 11.4 Å². The Morgan fingerprint density at radius 1 is 1.20 bits per heavy atom. The third-order valence-electron chi connectivity index (χ3n) is 4.63. The molecule has 0 unspecified atom stereocenters. The molecule has 2 aromatic rings. The van der Waals surface area contributed by atoms with Crippen molar-refractivity contribution in [3.63, 3.8) is 0 Å². The molecule has 2 aliphatic rings. The maximum Gasteiger partial charge on any atom is 0.261 e. The van der Waals surface area contributed by atoms with Crippen LogP contribution in [0.4, 0.5) is 5.69 Å². The molecule has 0 spiro atoms. The minimum absolute atomic E-state index is 0.0290. The molecular formula is C19H19N3O2S. The molecule has 1 aromatic carbocycles. The Morgan fingerprint density at radius 2 is 2.00 bits per heavy atom. The standard InChI is InChI=1S/C19H19N3O2S/c23-17(21-13-6-1-2-7-13)12-22-15-9-3-4-10-16(15)25-18-14(19(22)24)8-5-11-20-18/h3-5,8-11,13H,1-2,6-7,12H2,(H,21,23). The fourth-order valence-corrected chi connectivity index (χ4v) is 4.42. The van der Waals surface area contributed by atoms with Crippen LogP contribution in [-0.2, 0) is 4.79 Å². The van der Waals surface area contributed by atoms with Crippen LogP contribution in [0.3, 0.4) is 0 Å². The largest absolute Gasteiger partial charge is 0.352 e. The first-order valence-corrected chi connectivity index (χ1v) is 9.37. The van der Waals surface area contributed by atoms with E-state index in [2.05, 4.69) is 10.3 Å². The summed E-state index contributed by atoms with van der Waals surface area (Å²) in [5.41, 5.74) is 1.30. The molecule has 1 aliphatic carbocycles. The number of carbonyl (C=O) groups is 2. The van der Waals surface area contributed by atoms with Gasteiger partial charge in [0.2, 0.25) is 5.91 Å². The number of benzene rings is 1. The maximum atomic E-state index is 13.1. The van der Waals surface area contributed by atoms with Gasteiger partial charge in [0, 0.05) is 17.1 Å². The zero-order valence-corrected chi connectivity index (χ0v) is 14.6. The second-order valence-electron chi connectivity index (χ2n) is 6.37. The number of aromatic nitrogens is 1. The highest BCUT2D eigenvalue weighted by Crippen LogP contribution is 2.39. The van der Waals surface area contributed by atoms with Crippen LogP contribution in [0, 0.1) is 0 Å². The van der Waals surface area contributed by atoms with Crippen molar-refractivity contribution < 1.29 is 9.59 Å². The number of nitrogens with one attached hydrogen (secondary N) is 1. The molecule has 4 rings (SSSR count). The fraction of sp³-hybridized carbons (Fsp3) is 0.316. The highest BCUT2D eigenvalue weighted by Gasteiger charge is 2.29. The highest BCUT2D eigenvalue weighted by atomic mass is 32.2. The quantitative estimate of drug-likeness (QED) is 0.920. The summed E-state index contributed by atoms with van der Waals surface area (Å²) in [6.45, 7) is 0.0290. The highest BCUT2D eigenvalue weighted by molar-refractivity contribution is 7.99. The van der Waals surface area contributed by atoms with Gasteiger partial charge in [0.25, 0.3) is 5.91 Å². The van der Waals surface area contributed by atoms with Crippen LogP contribution in [0.25, 0.3) is 0 Å². The molecule has 0 radical (unpaired) electrons. The third-order valence-corrected chi connectivity index (χ3v) is 5.72. The van der Waals surface area contributed by atoms with Gasteiger partial charge in [-0.1, -0.05) is 36.7 Å². The van der Waals surface area contributed by atoms with Gasteiger partial charge in [0.15, 0.2) is 0 Å². The van der Waals surface area contributed by atoms with Gasteiger partial charge >= 0.3 is 0 Å². The molecule has 2 amide bonds. The van der Waals surface area contributed by atoms with Gasteiger partial charge in [-0.25, -0.2) is 4.98 Å². The van der Waals surface area contributed by atoms with Crippen LogP contribution in [0.1, 0.15) is 36.0 Å². The van der Waals surface area contributed by atoms with Crippen LogP contribution >= 0.6 is 11.8 Å². The number of hydrogen-bond acceptors (Lipinski definition) is 4. The predicted molar refractivity (Wildman–Crippen MR) is 96.9 cm³/mol. The predicted octanol–water partition coefficient (Wildman–Crippen LogP) is 3.25. The van der Waals surface area contributed by atoms with E-state index < -0.39 is 0 Å². The number of anilines is 1. The Bertz CT molecular complexity index is 818. The van der Waals surface area contributed by atoms with Gasteiger partial charge in [-0.2, -0.15) is 0 Å². The molecule has 5 nitrogen and oxygen atoms in total. The Hall–Kier alpha value is -2.34. The Kier molecular flexibility index (Phi) is 4.44. The average molecular weight is 353 g/mol. The Labute approximate surface area is 150 Å². The van der Waals surface area contributed by atoms with E-state index in [1.807, 2.05) is 24.3 Å². The van der Waals surface area contributed by atoms with E-state index in [0.29, 0.717) is 10.6 Å². The molecule has 0 saturated heterocycles. The van der Waals surface area contributed by atoms with Gasteiger partial charge in [0.1, 0.15) is 11.6 Å². The maximum absolute atomic E-state index is 13.1. The summed E-state index contributed by atoms with van der Waals surface area (Å²) in [4.78, 5) is 32.4. The molecule has 1 aromatic heterocycles. The van der Waals surface area contributed by atoms with E-state index in [4.69, 9.17) is 0 Å². The van der Waals surface area contributed by atoms with E-state index in [1.165, 1.54) is 11.8 Å². The van der Waals surface area contributed by atoms with Crippen molar-refractivity contribution in [2.45, 2.75) is 41.6 Å². The number of amides is 2. The van der Waals surface area contributed by atoms with Crippen LogP contribution in [0.5, 0.6) is 0 Å². The molecule has 128 valence electrons. The SMILES string of the molecule is O=C(CN1C(=O)c2cccnc2Sc2ccccc21)NC1CCCC1. The molecule has 1 fully saturated rings. The van der Waals surface area contributed by atoms with Crippen molar-refractivity contribution in [2.24, 2.45) is 0 Å². The summed E-state index contributed by atoms with van der Waals surface area (Å²) in [5.74, 6) is -0.283. The number of fused-ring (bicyclic) bond motifs is 2.